The van der Waals surface area contributed by atoms with E-state index in [1.54, 1.807) is 0 Å². The summed E-state index contributed by atoms with van der Waals surface area (Å²) in [4.78, 5) is 46.7. The van der Waals surface area contributed by atoms with Crippen LogP contribution in [-0.4, -0.2) is 59.1 Å². The zero-order chi connectivity index (χ0) is 24.9. The van der Waals surface area contributed by atoms with Crippen molar-refractivity contribution in [2.75, 3.05) is 26.2 Å². The van der Waals surface area contributed by atoms with Gasteiger partial charge in [-0.25, -0.2) is 4.98 Å². The van der Waals surface area contributed by atoms with Crippen molar-refractivity contribution in [3.05, 3.63) is 75.4 Å². The van der Waals surface area contributed by atoms with Gasteiger partial charge in [0.15, 0.2) is 0 Å². The lowest BCUT2D eigenvalue weighted by Gasteiger charge is -2.30. The van der Waals surface area contributed by atoms with Gasteiger partial charge in [-0.1, -0.05) is 30.3 Å². The third-order valence-electron chi connectivity index (χ3n) is 6.73. The van der Waals surface area contributed by atoms with Crippen LogP contribution in [0.2, 0.25) is 0 Å². The summed E-state index contributed by atoms with van der Waals surface area (Å²) >= 11 is 0. The highest BCUT2D eigenvalue weighted by Crippen LogP contribution is 2.26. The highest BCUT2D eigenvalue weighted by atomic mass is 16.7. The van der Waals surface area contributed by atoms with E-state index in [-0.39, 0.29) is 48.6 Å². The van der Waals surface area contributed by atoms with Crippen LogP contribution in [0.1, 0.15) is 35.5 Å². The minimum atomic E-state index is -0.483. The second-order valence-corrected chi connectivity index (χ2v) is 9.29. The monoisotopic (exact) mass is 494 g/mol. The van der Waals surface area contributed by atoms with Crippen LogP contribution in [0.25, 0.3) is 0 Å². The van der Waals surface area contributed by atoms with Gasteiger partial charge in [-0.15, -0.1) is 0 Å². The standard InChI is InChI=1S/C26H30N4O6/c31-23(27-13-22-28-20-8-11-34-15-19(20)26(33)29-22)14-30-9-6-18(7-10-30)25(32)21-16-35-24(36-21)12-17-4-2-1-3-5-17/h1-5,16,18,24H,6-15H2,(H,27,31)(H,28,29,33). The zero-order valence-electron chi connectivity index (χ0n) is 20.0. The first-order valence-electron chi connectivity index (χ1n) is 12.3. The van der Waals surface area contributed by atoms with Gasteiger partial charge < -0.3 is 24.5 Å². The molecule has 1 aromatic carbocycles. The Bertz CT molecular complexity index is 1190. The molecule has 4 heterocycles. The lowest BCUT2D eigenvalue weighted by atomic mass is 9.91. The van der Waals surface area contributed by atoms with E-state index in [0.29, 0.717) is 56.8 Å². The van der Waals surface area contributed by atoms with Gasteiger partial charge in [-0.2, -0.15) is 0 Å². The Morgan fingerprint density at radius 1 is 1.17 bits per heavy atom. The van der Waals surface area contributed by atoms with Crippen LogP contribution in [0.5, 0.6) is 0 Å². The van der Waals surface area contributed by atoms with Crippen molar-refractivity contribution in [1.82, 2.24) is 20.2 Å². The molecule has 0 aliphatic carbocycles. The Morgan fingerprint density at radius 3 is 2.78 bits per heavy atom. The van der Waals surface area contributed by atoms with E-state index in [1.165, 1.54) is 6.26 Å². The zero-order valence-corrected chi connectivity index (χ0v) is 20.0. The number of piperidine rings is 1. The number of fused-ring (bicyclic) bond motifs is 1. The maximum Gasteiger partial charge on any atom is 0.256 e. The molecule has 3 aliphatic heterocycles. The third kappa shape index (κ3) is 5.83. The van der Waals surface area contributed by atoms with Crippen molar-refractivity contribution in [1.29, 1.82) is 0 Å². The number of benzene rings is 1. The van der Waals surface area contributed by atoms with E-state index < -0.39 is 6.29 Å². The molecule has 0 saturated carbocycles. The van der Waals surface area contributed by atoms with E-state index in [9.17, 15) is 14.4 Å². The SMILES string of the molecule is O=C(CN1CCC(C(=O)C2=COC(Cc3ccccc3)O2)CC1)NCc1nc2c(c(=O)[nH]1)COCC2. The molecule has 1 fully saturated rings. The number of rotatable bonds is 8. The molecule has 1 atom stereocenters. The molecule has 5 rings (SSSR count). The number of amides is 1. The summed E-state index contributed by atoms with van der Waals surface area (Å²) in [6.07, 6.45) is 3.42. The molecule has 1 unspecified atom stereocenters. The Labute approximate surface area is 208 Å². The molecule has 0 spiro atoms. The predicted octanol–water partition coefficient (Wildman–Crippen LogP) is 1.20. The molecule has 3 aliphatic rings. The van der Waals surface area contributed by atoms with Gasteiger partial charge in [0.1, 0.15) is 12.1 Å². The van der Waals surface area contributed by atoms with Crippen LogP contribution >= 0.6 is 0 Å². The molecule has 0 bridgehead atoms. The minimum Gasteiger partial charge on any atom is -0.458 e. The number of ketones is 1. The van der Waals surface area contributed by atoms with Crippen molar-refractivity contribution in [2.24, 2.45) is 5.92 Å². The first-order valence-corrected chi connectivity index (χ1v) is 12.3. The maximum absolute atomic E-state index is 12.9. The fourth-order valence-corrected chi connectivity index (χ4v) is 4.72. The van der Waals surface area contributed by atoms with Crippen LogP contribution in [0.3, 0.4) is 0 Å². The van der Waals surface area contributed by atoms with Crippen molar-refractivity contribution < 1.29 is 23.8 Å². The van der Waals surface area contributed by atoms with Gasteiger partial charge in [0.05, 0.1) is 37.6 Å². The fraction of sp³-hybridized carbons (Fsp3) is 0.462. The molecule has 1 saturated heterocycles. The fourth-order valence-electron chi connectivity index (χ4n) is 4.72. The third-order valence-corrected chi connectivity index (χ3v) is 6.73. The number of aromatic amines is 1. The van der Waals surface area contributed by atoms with E-state index in [4.69, 9.17) is 14.2 Å². The summed E-state index contributed by atoms with van der Waals surface area (Å²) in [5.74, 6) is 0.384. The van der Waals surface area contributed by atoms with Crippen molar-refractivity contribution in [3.8, 4) is 0 Å². The summed E-state index contributed by atoms with van der Waals surface area (Å²) in [5.41, 5.74) is 2.17. The van der Waals surface area contributed by atoms with E-state index in [2.05, 4.69) is 15.3 Å². The number of nitrogens with zero attached hydrogens (tertiary/aromatic N) is 2. The predicted molar refractivity (Wildman–Crippen MR) is 128 cm³/mol. The quantitative estimate of drug-likeness (QED) is 0.561. The highest BCUT2D eigenvalue weighted by Gasteiger charge is 2.33. The summed E-state index contributed by atoms with van der Waals surface area (Å²) in [5, 5.41) is 2.83. The number of nitrogens with one attached hydrogen (secondary N) is 2. The summed E-state index contributed by atoms with van der Waals surface area (Å²) in [7, 11) is 0. The average Bonchev–Trinajstić information content (AvgIpc) is 3.36. The Balaban J connectivity index is 1.04. The lowest BCUT2D eigenvalue weighted by Crippen LogP contribution is -2.43. The van der Waals surface area contributed by atoms with Gasteiger partial charge in [0.2, 0.25) is 23.7 Å². The number of hydrogen-bond donors (Lipinski definition) is 2. The molecule has 36 heavy (non-hydrogen) atoms. The van der Waals surface area contributed by atoms with Gasteiger partial charge in [-0.05, 0) is 31.5 Å². The molecule has 190 valence electrons. The summed E-state index contributed by atoms with van der Waals surface area (Å²) in [6.45, 7) is 2.47. The number of allylic oxidation sites excluding steroid dienone is 1. The second kappa shape index (κ2) is 11.0. The van der Waals surface area contributed by atoms with Crippen LogP contribution in [0, 0.1) is 5.92 Å². The number of ether oxygens (including phenoxy) is 3. The largest absolute Gasteiger partial charge is 0.458 e. The normalized spacial score (nSPS) is 20.1. The van der Waals surface area contributed by atoms with Gasteiger partial charge in [0.25, 0.3) is 5.56 Å². The van der Waals surface area contributed by atoms with Crippen LogP contribution in [0.4, 0.5) is 0 Å². The van der Waals surface area contributed by atoms with E-state index in [1.807, 2.05) is 35.2 Å². The van der Waals surface area contributed by atoms with E-state index >= 15 is 0 Å². The summed E-state index contributed by atoms with van der Waals surface area (Å²) in [6, 6.07) is 9.86. The second-order valence-electron chi connectivity index (χ2n) is 9.29. The van der Waals surface area contributed by atoms with Crippen LogP contribution in [-0.2, 0) is 49.8 Å². The molecular weight excluding hydrogens is 464 g/mol. The highest BCUT2D eigenvalue weighted by molar-refractivity contribution is 5.95. The number of carbonyl (C=O) groups excluding carboxylic acids is 2. The van der Waals surface area contributed by atoms with Gasteiger partial charge >= 0.3 is 0 Å². The van der Waals surface area contributed by atoms with Gasteiger partial charge in [0, 0.05) is 18.8 Å². The van der Waals surface area contributed by atoms with Crippen LogP contribution in [0.15, 0.2) is 47.1 Å². The molecule has 10 heteroatoms. The Hall–Kier alpha value is -3.50. The first kappa shape index (κ1) is 24.2. The summed E-state index contributed by atoms with van der Waals surface area (Å²) < 4.78 is 16.6. The van der Waals surface area contributed by atoms with Crippen molar-refractivity contribution >= 4 is 11.7 Å². The van der Waals surface area contributed by atoms with Crippen LogP contribution < -0.4 is 10.9 Å². The van der Waals surface area contributed by atoms with E-state index in [0.717, 1.165) is 11.3 Å². The van der Waals surface area contributed by atoms with Gasteiger partial charge in [-0.3, -0.25) is 19.3 Å². The first-order chi connectivity index (χ1) is 17.5. The lowest BCUT2D eigenvalue weighted by molar-refractivity contribution is -0.127. The minimum absolute atomic E-state index is 0.0394. The number of Topliss-reactive ketones (excluding diaryl/α,β-unsaturated/α-hetero) is 1. The topological polar surface area (TPSA) is 123 Å². The molecule has 1 amide bonds. The van der Waals surface area contributed by atoms with Crippen molar-refractivity contribution in [3.63, 3.8) is 0 Å². The Kier molecular flexibility index (Phi) is 7.43. The number of H-pyrrole nitrogens is 1. The molecular formula is C26H30N4O6. The smallest absolute Gasteiger partial charge is 0.256 e. The number of carbonyl (C=O) groups is 2. The van der Waals surface area contributed by atoms with Crippen molar-refractivity contribution in [2.45, 2.75) is 45.1 Å². The molecule has 2 aromatic rings. The maximum atomic E-state index is 12.9. The molecule has 0 radical (unpaired) electrons. The average molecular weight is 495 g/mol. The molecule has 2 N–H and O–H groups in total. The Morgan fingerprint density at radius 2 is 1.97 bits per heavy atom. The number of hydrogen-bond acceptors (Lipinski definition) is 8. The number of likely N-dealkylation sites (tertiary alicyclic amines) is 1. The molecule has 1 aromatic heterocycles. The molecule has 10 nitrogen and oxygen atoms in total. The number of aromatic nitrogens is 2.